The van der Waals surface area contributed by atoms with Crippen LogP contribution in [0.4, 0.5) is 0 Å². The number of ether oxygens (including phenoxy) is 1. The highest BCUT2D eigenvalue weighted by Gasteiger charge is 2.21. The van der Waals surface area contributed by atoms with Gasteiger partial charge in [-0.3, -0.25) is 4.79 Å². The number of nitrogens with one attached hydrogen (secondary N) is 1. The summed E-state index contributed by atoms with van der Waals surface area (Å²) in [5, 5.41) is 7.48. The van der Waals surface area contributed by atoms with E-state index < -0.39 is 0 Å². The molecule has 1 amide bonds. The molecule has 0 saturated heterocycles. The number of amides is 1. The topological polar surface area (TPSA) is 103 Å². The standard InChI is InChI=1S/C21H20N4O4/c1-11-8-15(13(3)28-11)17-9-16(18-12(2)25-29-21(18)24-17)19(26)23-10-14-6-5-7-22-20(14)27-4/h5-9H,10H2,1-4H3,(H,23,26). The Labute approximate surface area is 166 Å². The van der Waals surface area contributed by atoms with Gasteiger partial charge in [0.15, 0.2) is 0 Å². The normalized spacial score (nSPS) is 11.0. The minimum absolute atomic E-state index is 0.267. The van der Waals surface area contributed by atoms with E-state index in [1.807, 2.05) is 26.0 Å². The van der Waals surface area contributed by atoms with E-state index in [0.717, 1.165) is 22.6 Å². The van der Waals surface area contributed by atoms with Crippen LogP contribution in [-0.2, 0) is 6.54 Å². The van der Waals surface area contributed by atoms with Crippen LogP contribution >= 0.6 is 0 Å². The van der Waals surface area contributed by atoms with Crippen LogP contribution in [0.15, 0.2) is 39.4 Å². The molecule has 0 spiro atoms. The fourth-order valence-corrected chi connectivity index (χ4v) is 3.31. The number of aryl methyl sites for hydroxylation is 3. The zero-order valence-electron chi connectivity index (χ0n) is 16.6. The summed E-state index contributed by atoms with van der Waals surface area (Å²) in [6.07, 6.45) is 1.64. The van der Waals surface area contributed by atoms with Crippen LogP contribution in [0.3, 0.4) is 0 Å². The van der Waals surface area contributed by atoms with Gasteiger partial charge >= 0.3 is 0 Å². The largest absolute Gasteiger partial charge is 0.481 e. The van der Waals surface area contributed by atoms with Crippen molar-refractivity contribution in [3.8, 4) is 17.1 Å². The quantitative estimate of drug-likeness (QED) is 0.552. The third-order valence-corrected chi connectivity index (χ3v) is 4.66. The summed E-state index contributed by atoms with van der Waals surface area (Å²) in [7, 11) is 1.54. The molecule has 0 fully saturated rings. The minimum atomic E-state index is -0.270. The Hall–Kier alpha value is -3.68. The SMILES string of the molecule is COc1ncccc1CNC(=O)c1cc(-c2cc(C)oc2C)nc2onc(C)c12. The van der Waals surface area contributed by atoms with Crippen molar-refractivity contribution in [2.24, 2.45) is 0 Å². The number of furan rings is 1. The maximum atomic E-state index is 13.1. The van der Waals surface area contributed by atoms with E-state index >= 15 is 0 Å². The van der Waals surface area contributed by atoms with Gasteiger partial charge in [0.05, 0.1) is 29.4 Å². The van der Waals surface area contributed by atoms with Gasteiger partial charge in [-0.25, -0.2) is 9.97 Å². The number of nitrogens with zero attached hydrogens (tertiary/aromatic N) is 3. The van der Waals surface area contributed by atoms with E-state index in [1.165, 1.54) is 0 Å². The fraction of sp³-hybridized carbons (Fsp3) is 0.238. The lowest BCUT2D eigenvalue weighted by Gasteiger charge is -2.10. The van der Waals surface area contributed by atoms with E-state index in [9.17, 15) is 4.79 Å². The Bertz CT molecular complexity index is 1210. The molecule has 8 nitrogen and oxygen atoms in total. The van der Waals surface area contributed by atoms with Crippen LogP contribution < -0.4 is 10.1 Å². The third-order valence-electron chi connectivity index (χ3n) is 4.66. The summed E-state index contributed by atoms with van der Waals surface area (Å²) >= 11 is 0. The zero-order chi connectivity index (χ0) is 20.5. The average molecular weight is 392 g/mol. The summed E-state index contributed by atoms with van der Waals surface area (Å²) in [6, 6.07) is 7.26. The molecule has 1 N–H and O–H groups in total. The van der Waals surface area contributed by atoms with E-state index in [0.29, 0.717) is 33.9 Å². The molecular formula is C21H20N4O4. The van der Waals surface area contributed by atoms with Gasteiger partial charge in [0.2, 0.25) is 5.88 Å². The van der Waals surface area contributed by atoms with Crippen LogP contribution in [0.5, 0.6) is 5.88 Å². The molecular weight excluding hydrogens is 372 g/mol. The van der Waals surface area contributed by atoms with Gasteiger partial charge in [-0.1, -0.05) is 11.2 Å². The smallest absolute Gasteiger partial charge is 0.259 e. The van der Waals surface area contributed by atoms with E-state index in [1.54, 1.807) is 32.4 Å². The van der Waals surface area contributed by atoms with Crippen LogP contribution in [0, 0.1) is 20.8 Å². The lowest BCUT2D eigenvalue weighted by molar-refractivity contribution is 0.0952. The molecule has 0 bridgehead atoms. The molecule has 29 heavy (non-hydrogen) atoms. The number of rotatable bonds is 5. The summed E-state index contributed by atoms with van der Waals surface area (Å²) in [4.78, 5) is 21.7. The first kappa shape index (κ1) is 18.7. The van der Waals surface area contributed by atoms with E-state index in [-0.39, 0.29) is 12.5 Å². The van der Waals surface area contributed by atoms with Crippen LogP contribution in [-0.4, -0.2) is 28.1 Å². The van der Waals surface area contributed by atoms with Crippen molar-refractivity contribution >= 4 is 17.0 Å². The van der Waals surface area contributed by atoms with Crippen molar-refractivity contribution in [2.75, 3.05) is 7.11 Å². The van der Waals surface area contributed by atoms with Gasteiger partial charge in [-0.05, 0) is 39.0 Å². The minimum Gasteiger partial charge on any atom is -0.481 e. The first-order valence-corrected chi connectivity index (χ1v) is 9.08. The van der Waals surface area contributed by atoms with Crippen molar-refractivity contribution in [3.05, 3.63) is 58.8 Å². The number of carbonyl (C=O) groups is 1. The van der Waals surface area contributed by atoms with Gasteiger partial charge in [0.25, 0.3) is 11.6 Å². The lowest BCUT2D eigenvalue weighted by Crippen LogP contribution is -2.23. The highest BCUT2D eigenvalue weighted by atomic mass is 16.5. The zero-order valence-corrected chi connectivity index (χ0v) is 16.6. The van der Waals surface area contributed by atoms with Crippen molar-refractivity contribution in [1.82, 2.24) is 20.4 Å². The van der Waals surface area contributed by atoms with Gasteiger partial charge in [-0.2, -0.15) is 0 Å². The van der Waals surface area contributed by atoms with Crippen LogP contribution in [0.25, 0.3) is 22.4 Å². The Morgan fingerprint density at radius 3 is 2.79 bits per heavy atom. The van der Waals surface area contributed by atoms with Crippen molar-refractivity contribution < 1.29 is 18.5 Å². The molecule has 148 valence electrons. The number of carbonyl (C=O) groups excluding carboxylic acids is 1. The number of methoxy groups -OCH3 is 1. The molecule has 4 aromatic heterocycles. The first-order valence-electron chi connectivity index (χ1n) is 9.08. The molecule has 0 unspecified atom stereocenters. The Morgan fingerprint density at radius 2 is 2.07 bits per heavy atom. The Kier molecular flexibility index (Phi) is 4.75. The number of pyridine rings is 2. The highest BCUT2D eigenvalue weighted by molar-refractivity contribution is 6.07. The number of aromatic nitrogens is 3. The average Bonchev–Trinajstić information content (AvgIpc) is 3.27. The predicted octanol–water partition coefficient (Wildman–Crippen LogP) is 3.74. The highest BCUT2D eigenvalue weighted by Crippen LogP contribution is 2.30. The number of fused-ring (bicyclic) bond motifs is 1. The van der Waals surface area contributed by atoms with Crippen LogP contribution in [0.1, 0.15) is 33.1 Å². The molecule has 4 rings (SSSR count). The number of hydrogen-bond acceptors (Lipinski definition) is 7. The van der Waals surface area contributed by atoms with Gasteiger partial charge in [0, 0.05) is 23.9 Å². The van der Waals surface area contributed by atoms with Crippen molar-refractivity contribution in [2.45, 2.75) is 27.3 Å². The predicted molar refractivity (Wildman–Crippen MR) is 106 cm³/mol. The molecule has 4 heterocycles. The number of hydrogen-bond donors (Lipinski definition) is 1. The molecule has 0 aliphatic heterocycles. The fourth-order valence-electron chi connectivity index (χ4n) is 3.31. The maximum Gasteiger partial charge on any atom is 0.259 e. The third kappa shape index (κ3) is 3.44. The molecule has 0 atom stereocenters. The molecule has 4 aromatic rings. The molecule has 0 aliphatic rings. The second-order valence-corrected chi connectivity index (χ2v) is 6.68. The van der Waals surface area contributed by atoms with Crippen LogP contribution in [0.2, 0.25) is 0 Å². The summed E-state index contributed by atoms with van der Waals surface area (Å²) < 4.78 is 16.2. The van der Waals surface area contributed by atoms with Crippen molar-refractivity contribution in [1.29, 1.82) is 0 Å². The van der Waals surface area contributed by atoms with Crippen molar-refractivity contribution in [3.63, 3.8) is 0 Å². The molecule has 0 saturated carbocycles. The second-order valence-electron chi connectivity index (χ2n) is 6.68. The summed E-state index contributed by atoms with van der Waals surface area (Å²) in [6.45, 7) is 5.77. The molecule has 0 aliphatic carbocycles. The maximum absolute atomic E-state index is 13.1. The molecule has 8 heteroatoms. The monoisotopic (exact) mass is 392 g/mol. The molecule has 0 radical (unpaired) electrons. The lowest BCUT2D eigenvalue weighted by atomic mass is 10.1. The van der Waals surface area contributed by atoms with Gasteiger partial charge in [-0.15, -0.1) is 0 Å². The van der Waals surface area contributed by atoms with Gasteiger partial charge < -0.3 is 19.0 Å². The Balaban J connectivity index is 1.72. The first-order chi connectivity index (χ1) is 14.0. The summed E-state index contributed by atoms with van der Waals surface area (Å²) in [5.41, 5.74) is 3.52. The Morgan fingerprint density at radius 1 is 1.24 bits per heavy atom. The van der Waals surface area contributed by atoms with E-state index in [2.05, 4.69) is 20.4 Å². The van der Waals surface area contributed by atoms with E-state index in [4.69, 9.17) is 13.7 Å². The van der Waals surface area contributed by atoms with Gasteiger partial charge in [0.1, 0.15) is 11.5 Å². The second kappa shape index (κ2) is 7.38. The molecule has 0 aromatic carbocycles. The summed E-state index contributed by atoms with van der Waals surface area (Å²) in [5.74, 6) is 1.69.